The Balaban J connectivity index is 1.89. The van der Waals surface area contributed by atoms with Crippen molar-refractivity contribution in [2.24, 2.45) is 11.1 Å². The average Bonchev–Trinajstić information content (AvgIpc) is 2.65. The maximum Gasteiger partial charge on any atom is 0.0679 e. The molecule has 2 heterocycles. The Hall–Kier alpha value is -0.160. The molecular weight excluding hydrogens is 192 g/mol. The van der Waals surface area contributed by atoms with Crippen LogP contribution in [0.5, 0.6) is 0 Å². The Morgan fingerprint density at radius 1 is 1.40 bits per heavy atom. The summed E-state index contributed by atoms with van der Waals surface area (Å²) in [6.45, 7) is 5.29. The van der Waals surface area contributed by atoms with Crippen molar-refractivity contribution in [1.82, 2.24) is 4.90 Å². The first-order chi connectivity index (χ1) is 7.24. The molecule has 0 saturated carbocycles. The quantitative estimate of drug-likeness (QED) is 0.683. The van der Waals surface area contributed by atoms with Crippen LogP contribution in [0.15, 0.2) is 0 Å². The molecule has 2 aliphatic rings. The molecule has 2 saturated heterocycles. The lowest BCUT2D eigenvalue weighted by molar-refractivity contribution is 0.00182. The van der Waals surface area contributed by atoms with E-state index in [4.69, 9.17) is 10.5 Å². The third-order valence-electron chi connectivity index (χ3n) is 3.79. The van der Waals surface area contributed by atoms with Crippen molar-refractivity contribution < 1.29 is 9.84 Å². The van der Waals surface area contributed by atoms with Gasteiger partial charge in [0.25, 0.3) is 0 Å². The summed E-state index contributed by atoms with van der Waals surface area (Å²) < 4.78 is 5.39. The molecule has 2 fully saturated rings. The van der Waals surface area contributed by atoms with Crippen molar-refractivity contribution in [2.45, 2.75) is 25.4 Å². The first-order valence-electron chi connectivity index (χ1n) is 5.92. The largest absolute Gasteiger partial charge is 0.392 e. The minimum Gasteiger partial charge on any atom is -0.392 e. The lowest BCUT2D eigenvalue weighted by Gasteiger charge is -2.39. The molecule has 1 atom stereocenters. The number of nitrogens with two attached hydrogens (primary N) is 1. The number of β-amino-alcohol motifs (C(OH)–C–C–N with tert-alkyl or cyclic N) is 1. The average molecular weight is 214 g/mol. The van der Waals surface area contributed by atoms with Crippen LogP contribution in [-0.2, 0) is 4.74 Å². The van der Waals surface area contributed by atoms with Crippen molar-refractivity contribution in [3.05, 3.63) is 0 Å². The maximum absolute atomic E-state index is 9.49. The molecular formula is C11H22N2O2. The molecule has 0 radical (unpaired) electrons. The van der Waals surface area contributed by atoms with Crippen molar-refractivity contribution in [2.75, 3.05) is 39.4 Å². The lowest BCUT2D eigenvalue weighted by atomic mass is 9.80. The third-order valence-corrected chi connectivity index (χ3v) is 3.79. The summed E-state index contributed by atoms with van der Waals surface area (Å²) in [4.78, 5) is 2.35. The Morgan fingerprint density at radius 3 is 2.67 bits per heavy atom. The van der Waals surface area contributed by atoms with Crippen LogP contribution in [0.3, 0.4) is 0 Å². The number of aliphatic hydroxyl groups is 1. The van der Waals surface area contributed by atoms with E-state index in [9.17, 15) is 5.11 Å². The number of aliphatic hydroxyl groups excluding tert-OH is 1. The summed E-state index contributed by atoms with van der Waals surface area (Å²) in [5.74, 6) is 0. The molecule has 1 unspecified atom stereocenters. The van der Waals surface area contributed by atoms with Crippen LogP contribution in [0, 0.1) is 5.41 Å². The minimum absolute atomic E-state index is 0.125. The molecule has 3 N–H and O–H groups in total. The smallest absolute Gasteiger partial charge is 0.0679 e. The zero-order valence-corrected chi connectivity index (χ0v) is 9.32. The molecule has 0 aliphatic carbocycles. The van der Waals surface area contributed by atoms with E-state index in [-0.39, 0.29) is 11.5 Å². The first-order valence-corrected chi connectivity index (χ1v) is 5.92. The Morgan fingerprint density at radius 2 is 2.13 bits per heavy atom. The molecule has 0 aromatic carbocycles. The Bertz CT molecular complexity index is 205. The van der Waals surface area contributed by atoms with Gasteiger partial charge in [0.1, 0.15) is 0 Å². The van der Waals surface area contributed by atoms with E-state index >= 15 is 0 Å². The van der Waals surface area contributed by atoms with Gasteiger partial charge in [0.2, 0.25) is 0 Å². The second-order valence-corrected chi connectivity index (χ2v) is 4.99. The van der Waals surface area contributed by atoms with E-state index in [0.717, 1.165) is 58.7 Å². The predicted molar refractivity (Wildman–Crippen MR) is 58.6 cm³/mol. The van der Waals surface area contributed by atoms with E-state index < -0.39 is 0 Å². The van der Waals surface area contributed by atoms with Crippen LogP contribution in [0.2, 0.25) is 0 Å². The molecule has 15 heavy (non-hydrogen) atoms. The van der Waals surface area contributed by atoms with E-state index in [2.05, 4.69) is 4.90 Å². The molecule has 0 aromatic rings. The van der Waals surface area contributed by atoms with Gasteiger partial charge in [-0.15, -0.1) is 0 Å². The monoisotopic (exact) mass is 214 g/mol. The molecule has 4 nitrogen and oxygen atoms in total. The number of likely N-dealkylation sites (tertiary alicyclic amines) is 1. The van der Waals surface area contributed by atoms with Crippen molar-refractivity contribution >= 4 is 0 Å². The van der Waals surface area contributed by atoms with Gasteiger partial charge >= 0.3 is 0 Å². The number of ether oxygens (including phenoxy) is 1. The van der Waals surface area contributed by atoms with Crippen LogP contribution in [0.4, 0.5) is 0 Å². The third kappa shape index (κ3) is 2.69. The highest BCUT2D eigenvalue weighted by Gasteiger charge is 2.35. The lowest BCUT2D eigenvalue weighted by Crippen LogP contribution is -2.45. The van der Waals surface area contributed by atoms with Crippen LogP contribution in [0.25, 0.3) is 0 Å². The molecule has 0 aromatic heterocycles. The van der Waals surface area contributed by atoms with Gasteiger partial charge in [-0.3, -0.25) is 0 Å². The number of rotatable bonds is 3. The fourth-order valence-electron chi connectivity index (χ4n) is 2.66. The van der Waals surface area contributed by atoms with E-state index in [1.54, 1.807) is 0 Å². The standard InChI is InChI=1S/C11H22N2O2/c12-8-11(2-5-15-6-3-11)9-13-4-1-10(14)7-13/h10,14H,1-9,12H2. The topological polar surface area (TPSA) is 58.7 Å². The maximum atomic E-state index is 9.49. The van der Waals surface area contributed by atoms with Gasteiger partial charge in [0.15, 0.2) is 0 Å². The molecule has 0 spiro atoms. The van der Waals surface area contributed by atoms with Crippen LogP contribution in [0.1, 0.15) is 19.3 Å². The van der Waals surface area contributed by atoms with E-state index in [1.165, 1.54) is 0 Å². The summed E-state index contributed by atoms with van der Waals surface area (Å²) in [5, 5.41) is 9.49. The zero-order valence-electron chi connectivity index (χ0n) is 9.32. The normalized spacial score (nSPS) is 32.0. The van der Waals surface area contributed by atoms with Crippen LogP contribution >= 0.6 is 0 Å². The highest BCUT2D eigenvalue weighted by atomic mass is 16.5. The zero-order chi connectivity index (χ0) is 10.7. The summed E-state index contributed by atoms with van der Waals surface area (Å²) in [6.07, 6.45) is 2.92. The van der Waals surface area contributed by atoms with Gasteiger partial charge in [0.05, 0.1) is 6.10 Å². The van der Waals surface area contributed by atoms with Gasteiger partial charge in [-0.25, -0.2) is 0 Å². The van der Waals surface area contributed by atoms with Gasteiger partial charge in [0, 0.05) is 32.8 Å². The molecule has 2 aliphatic heterocycles. The first kappa shape index (κ1) is 11.3. The second-order valence-electron chi connectivity index (χ2n) is 4.99. The van der Waals surface area contributed by atoms with Gasteiger partial charge < -0.3 is 20.5 Å². The highest BCUT2D eigenvalue weighted by molar-refractivity contribution is 4.88. The summed E-state index contributed by atoms with van der Waals surface area (Å²) in [5.41, 5.74) is 6.14. The van der Waals surface area contributed by atoms with Gasteiger partial charge in [-0.2, -0.15) is 0 Å². The number of hydrogen-bond donors (Lipinski definition) is 2. The molecule has 2 rings (SSSR count). The predicted octanol–water partition coefficient (Wildman–Crippen LogP) is -0.192. The van der Waals surface area contributed by atoms with Crippen molar-refractivity contribution in [3.63, 3.8) is 0 Å². The highest BCUT2D eigenvalue weighted by Crippen LogP contribution is 2.31. The molecule has 0 bridgehead atoms. The summed E-state index contributed by atoms with van der Waals surface area (Å²) >= 11 is 0. The van der Waals surface area contributed by atoms with Gasteiger partial charge in [-0.05, 0) is 31.2 Å². The van der Waals surface area contributed by atoms with E-state index in [0.29, 0.717) is 0 Å². The Labute approximate surface area is 91.4 Å². The van der Waals surface area contributed by atoms with E-state index in [1.807, 2.05) is 0 Å². The number of hydrogen-bond acceptors (Lipinski definition) is 4. The van der Waals surface area contributed by atoms with Crippen molar-refractivity contribution in [1.29, 1.82) is 0 Å². The second kappa shape index (κ2) is 4.78. The molecule has 0 amide bonds. The Kier molecular flexibility index (Phi) is 3.61. The van der Waals surface area contributed by atoms with Crippen LogP contribution < -0.4 is 5.73 Å². The molecule has 4 heteroatoms. The SMILES string of the molecule is NCC1(CN2CCC(O)C2)CCOCC1. The van der Waals surface area contributed by atoms with Gasteiger partial charge in [-0.1, -0.05) is 0 Å². The minimum atomic E-state index is -0.125. The summed E-state index contributed by atoms with van der Waals surface area (Å²) in [7, 11) is 0. The fourth-order valence-corrected chi connectivity index (χ4v) is 2.66. The number of nitrogens with zero attached hydrogens (tertiary/aromatic N) is 1. The van der Waals surface area contributed by atoms with Crippen molar-refractivity contribution in [3.8, 4) is 0 Å². The fraction of sp³-hybridized carbons (Fsp3) is 1.00. The van der Waals surface area contributed by atoms with Crippen LogP contribution in [-0.4, -0.2) is 55.5 Å². The molecule has 88 valence electrons. The summed E-state index contributed by atoms with van der Waals surface area (Å²) in [6, 6.07) is 0.